The molecule has 0 bridgehead atoms. The Kier molecular flexibility index (Phi) is 5.85. The predicted molar refractivity (Wildman–Crippen MR) is 86.4 cm³/mol. The first-order chi connectivity index (χ1) is 10.9. The number of amides is 2. The quantitative estimate of drug-likeness (QED) is 0.832. The fourth-order valence-electron chi connectivity index (χ4n) is 2.83. The van der Waals surface area contributed by atoms with E-state index in [0.29, 0.717) is 32.0 Å². The van der Waals surface area contributed by atoms with Crippen LogP contribution in [-0.2, 0) is 14.3 Å². The van der Waals surface area contributed by atoms with Gasteiger partial charge < -0.3 is 14.8 Å². The highest BCUT2D eigenvalue weighted by Crippen LogP contribution is 2.20. The number of hydrogen-bond acceptors (Lipinski definition) is 5. The van der Waals surface area contributed by atoms with Gasteiger partial charge >= 0.3 is 6.09 Å². The summed E-state index contributed by atoms with van der Waals surface area (Å²) >= 11 is 0. The first-order valence-corrected chi connectivity index (χ1v) is 8.35. The molecule has 1 saturated heterocycles. The lowest BCUT2D eigenvalue weighted by Gasteiger charge is -2.27. The van der Waals surface area contributed by atoms with Gasteiger partial charge in [-0.05, 0) is 32.6 Å². The summed E-state index contributed by atoms with van der Waals surface area (Å²) in [5.74, 6) is 0.580. The van der Waals surface area contributed by atoms with E-state index >= 15 is 0 Å². The molecule has 0 radical (unpaired) electrons. The molecule has 2 rings (SSSR count). The molecule has 0 aliphatic carbocycles. The summed E-state index contributed by atoms with van der Waals surface area (Å²) < 4.78 is 10.7. The molecule has 0 aromatic carbocycles. The van der Waals surface area contributed by atoms with Crippen molar-refractivity contribution in [3.05, 3.63) is 0 Å². The smallest absolute Gasteiger partial charge is 0.410 e. The van der Waals surface area contributed by atoms with Gasteiger partial charge in [-0.3, -0.25) is 14.7 Å². The van der Waals surface area contributed by atoms with Crippen LogP contribution in [0.3, 0.4) is 0 Å². The van der Waals surface area contributed by atoms with Gasteiger partial charge in [0.25, 0.3) is 0 Å². The Labute approximate surface area is 137 Å². The first-order valence-electron chi connectivity index (χ1n) is 8.35. The fourth-order valence-corrected chi connectivity index (χ4v) is 2.83. The van der Waals surface area contributed by atoms with Crippen LogP contribution in [0.4, 0.5) is 4.79 Å². The van der Waals surface area contributed by atoms with Crippen LogP contribution in [0.15, 0.2) is 4.99 Å². The largest absolute Gasteiger partial charge is 0.478 e. The molecule has 0 aromatic heterocycles. The number of ether oxygens (including phenoxy) is 2. The van der Waals surface area contributed by atoms with E-state index in [1.165, 1.54) is 4.90 Å². The molecule has 2 atom stereocenters. The molecule has 23 heavy (non-hydrogen) atoms. The Balaban J connectivity index is 2.01. The topological polar surface area (TPSA) is 80.2 Å². The number of hydrogen-bond donors (Lipinski definition) is 1. The van der Waals surface area contributed by atoms with Gasteiger partial charge in [-0.15, -0.1) is 0 Å². The van der Waals surface area contributed by atoms with E-state index in [-0.39, 0.29) is 24.0 Å². The van der Waals surface area contributed by atoms with E-state index < -0.39 is 12.1 Å². The van der Waals surface area contributed by atoms with Crippen molar-refractivity contribution in [1.29, 1.82) is 0 Å². The Hall–Kier alpha value is -1.79. The zero-order valence-electron chi connectivity index (χ0n) is 14.4. The number of likely N-dealkylation sites (tertiary alicyclic amines) is 1. The Bertz CT molecular complexity index is 476. The summed E-state index contributed by atoms with van der Waals surface area (Å²) in [4.78, 5) is 30.6. The molecule has 1 fully saturated rings. The highest BCUT2D eigenvalue weighted by Gasteiger charge is 2.37. The van der Waals surface area contributed by atoms with Gasteiger partial charge in [-0.2, -0.15) is 0 Å². The SMILES string of the molecule is CC(C)OC(=O)N1CCC[C@H]1C(=O)N[C@@H](C1=NCCO1)C(C)C. The van der Waals surface area contributed by atoms with Crippen LogP contribution in [-0.4, -0.2) is 60.7 Å². The average Bonchev–Trinajstić information content (AvgIpc) is 3.14. The number of carbonyl (C=O) groups is 2. The molecule has 0 aromatic rings. The lowest BCUT2D eigenvalue weighted by Crippen LogP contribution is -2.52. The number of nitrogens with one attached hydrogen (secondary N) is 1. The van der Waals surface area contributed by atoms with Gasteiger partial charge in [0.2, 0.25) is 11.8 Å². The standard InChI is InChI=1S/C16H27N3O4/c1-10(2)13(15-17-7-9-22-15)18-14(20)12-6-5-8-19(12)16(21)23-11(3)4/h10-13H,5-9H2,1-4H3,(H,18,20)/t12-,13+/m0/s1. The van der Waals surface area contributed by atoms with Gasteiger partial charge in [0.15, 0.2) is 0 Å². The molecule has 2 aliphatic rings. The van der Waals surface area contributed by atoms with Crippen molar-refractivity contribution < 1.29 is 19.1 Å². The van der Waals surface area contributed by atoms with E-state index in [1.807, 2.05) is 13.8 Å². The monoisotopic (exact) mass is 325 g/mol. The molecule has 2 aliphatic heterocycles. The van der Waals surface area contributed by atoms with Gasteiger partial charge in [-0.1, -0.05) is 13.8 Å². The summed E-state index contributed by atoms with van der Waals surface area (Å²) in [5.41, 5.74) is 0. The highest BCUT2D eigenvalue weighted by atomic mass is 16.6. The van der Waals surface area contributed by atoms with Crippen LogP contribution in [0.25, 0.3) is 0 Å². The number of aliphatic imine (C=N–C) groups is 1. The van der Waals surface area contributed by atoms with E-state index in [0.717, 1.165) is 6.42 Å². The molecule has 2 heterocycles. The van der Waals surface area contributed by atoms with Crippen molar-refractivity contribution >= 4 is 17.9 Å². The minimum absolute atomic E-state index is 0.160. The Morgan fingerprint density at radius 2 is 2.09 bits per heavy atom. The van der Waals surface area contributed by atoms with Gasteiger partial charge in [0.1, 0.15) is 18.7 Å². The number of carbonyl (C=O) groups excluding carboxylic acids is 2. The zero-order valence-corrected chi connectivity index (χ0v) is 14.4. The molecule has 0 unspecified atom stereocenters. The third kappa shape index (κ3) is 4.36. The maximum Gasteiger partial charge on any atom is 0.410 e. The van der Waals surface area contributed by atoms with Gasteiger partial charge in [-0.25, -0.2) is 4.79 Å². The van der Waals surface area contributed by atoms with Crippen LogP contribution in [0.2, 0.25) is 0 Å². The van der Waals surface area contributed by atoms with Crippen LogP contribution < -0.4 is 5.32 Å². The van der Waals surface area contributed by atoms with Crippen molar-refractivity contribution in [2.45, 2.75) is 58.7 Å². The normalized spacial score (nSPS) is 22.1. The maximum absolute atomic E-state index is 12.6. The molecule has 7 nitrogen and oxygen atoms in total. The lowest BCUT2D eigenvalue weighted by molar-refractivity contribution is -0.125. The lowest BCUT2D eigenvalue weighted by atomic mass is 10.0. The Morgan fingerprint density at radius 1 is 1.35 bits per heavy atom. The maximum atomic E-state index is 12.6. The van der Waals surface area contributed by atoms with E-state index in [4.69, 9.17) is 9.47 Å². The molecule has 1 N–H and O–H groups in total. The van der Waals surface area contributed by atoms with Crippen LogP contribution in [0.1, 0.15) is 40.5 Å². The minimum atomic E-state index is -0.482. The predicted octanol–water partition coefficient (Wildman–Crippen LogP) is 1.57. The van der Waals surface area contributed by atoms with Crippen LogP contribution in [0, 0.1) is 5.92 Å². The zero-order chi connectivity index (χ0) is 17.0. The summed E-state index contributed by atoms with van der Waals surface area (Å²) in [6, 6.07) is -0.738. The summed E-state index contributed by atoms with van der Waals surface area (Å²) in [6.07, 6.45) is 0.830. The molecule has 7 heteroatoms. The van der Waals surface area contributed by atoms with Crippen molar-refractivity contribution in [3.8, 4) is 0 Å². The minimum Gasteiger partial charge on any atom is -0.478 e. The van der Waals surface area contributed by atoms with Crippen molar-refractivity contribution in [2.75, 3.05) is 19.7 Å². The number of nitrogens with zero attached hydrogens (tertiary/aromatic N) is 2. The van der Waals surface area contributed by atoms with E-state index in [9.17, 15) is 9.59 Å². The van der Waals surface area contributed by atoms with Gasteiger partial charge in [0, 0.05) is 6.54 Å². The summed E-state index contributed by atoms with van der Waals surface area (Å²) in [6.45, 7) is 9.35. The van der Waals surface area contributed by atoms with E-state index in [1.54, 1.807) is 13.8 Å². The highest BCUT2D eigenvalue weighted by molar-refractivity contribution is 5.92. The molecular weight excluding hydrogens is 298 g/mol. The fraction of sp³-hybridized carbons (Fsp3) is 0.812. The molecule has 0 saturated carbocycles. The second kappa shape index (κ2) is 7.66. The van der Waals surface area contributed by atoms with Gasteiger partial charge in [0.05, 0.1) is 12.6 Å². The third-order valence-electron chi connectivity index (χ3n) is 3.97. The summed E-state index contributed by atoms with van der Waals surface area (Å²) in [5, 5.41) is 2.99. The molecule has 2 amide bonds. The molecule has 0 spiro atoms. The average molecular weight is 325 g/mol. The third-order valence-corrected chi connectivity index (χ3v) is 3.97. The van der Waals surface area contributed by atoms with Crippen LogP contribution >= 0.6 is 0 Å². The first kappa shape index (κ1) is 17.6. The second-order valence-corrected chi connectivity index (χ2v) is 6.58. The van der Waals surface area contributed by atoms with Crippen molar-refractivity contribution in [1.82, 2.24) is 10.2 Å². The van der Waals surface area contributed by atoms with Crippen molar-refractivity contribution in [2.24, 2.45) is 10.9 Å². The molecular formula is C16H27N3O4. The van der Waals surface area contributed by atoms with Crippen molar-refractivity contribution in [3.63, 3.8) is 0 Å². The van der Waals surface area contributed by atoms with E-state index in [2.05, 4.69) is 10.3 Å². The number of rotatable bonds is 5. The van der Waals surface area contributed by atoms with Crippen LogP contribution in [0.5, 0.6) is 0 Å². The summed E-state index contributed by atoms with van der Waals surface area (Å²) in [7, 11) is 0. The second-order valence-electron chi connectivity index (χ2n) is 6.58. The Morgan fingerprint density at radius 3 is 2.65 bits per heavy atom. The molecule has 130 valence electrons.